The number of methoxy groups -OCH3 is 2. The summed E-state index contributed by atoms with van der Waals surface area (Å²) in [6, 6.07) is 4.10. The van der Waals surface area contributed by atoms with Crippen LogP contribution in [0.4, 0.5) is 4.79 Å². The van der Waals surface area contributed by atoms with Gasteiger partial charge in [0.25, 0.3) is 0 Å². The molecule has 22 heavy (non-hydrogen) atoms. The van der Waals surface area contributed by atoms with Crippen molar-refractivity contribution in [1.29, 1.82) is 0 Å². The number of amides is 1. The molecule has 0 unspecified atom stereocenters. The molecule has 0 aromatic heterocycles. The molecule has 0 bridgehead atoms. The number of carbonyl (C=O) groups excluding carboxylic acids is 1. The van der Waals surface area contributed by atoms with Crippen molar-refractivity contribution in [2.75, 3.05) is 14.2 Å². The van der Waals surface area contributed by atoms with Gasteiger partial charge in [-0.3, -0.25) is 4.79 Å². The fourth-order valence-electron chi connectivity index (χ4n) is 1.71. The summed E-state index contributed by atoms with van der Waals surface area (Å²) in [5.74, 6) is -0.0199. The average molecular weight is 311 g/mol. The Balaban J connectivity index is 2.93. The summed E-state index contributed by atoms with van der Waals surface area (Å²) in [5, 5.41) is 11.0. The van der Waals surface area contributed by atoms with Gasteiger partial charge in [-0.1, -0.05) is 0 Å². The molecule has 0 radical (unpaired) electrons. The van der Waals surface area contributed by atoms with Crippen LogP contribution in [-0.4, -0.2) is 37.4 Å². The first-order valence-electron chi connectivity index (χ1n) is 6.65. The molecule has 0 spiro atoms. The van der Waals surface area contributed by atoms with E-state index in [1.807, 2.05) is 0 Å². The van der Waals surface area contributed by atoms with Gasteiger partial charge in [-0.05, 0) is 32.9 Å². The highest BCUT2D eigenvalue weighted by Crippen LogP contribution is 2.32. The first kappa shape index (κ1) is 17.6. The Labute approximate surface area is 129 Å². The van der Waals surface area contributed by atoms with Crippen LogP contribution in [-0.2, 0) is 15.1 Å². The Morgan fingerprint density at radius 3 is 2.05 bits per heavy atom. The molecule has 0 heterocycles. The van der Waals surface area contributed by atoms with Gasteiger partial charge in [-0.2, -0.15) is 0 Å². The summed E-state index contributed by atoms with van der Waals surface area (Å²) in [4.78, 5) is 22.5. The molecule has 122 valence electrons. The fraction of sp³-hybridized carbons (Fsp3) is 0.467. The number of alkyl carbamates (subject to hydrolysis) is 1. The molecule has 7 nitrogen and oxygen atoms in total. The first-order chi connectivity index (χ1) is 10.2. The van der Waals surface area contributed by atoms with Gasteiger partial charge in [0.15, 0.2) is 0 Å². The third kappa shape index (κ3) is 4.54. The van der Waals surface area contributed by atoms with Gasteiger partial charge < -0.3 is 24.6 Å². The maximum absolute atomic E-state index is 11.8. The second kappa shape index (κ2) is 7.02. The van der Waals surface area contributed by atoms with Crippen LogP contribution in [0.2, 0.25) is 0 Å². The second-order valence-corrected chi connectivity index (χ2v) is 5.21. The molecule has 0 fully saturated rings. The van der Waals surface area contributed by atoms with Crippen LogP contribution in [0.1, 0.15) is 26.3 Å². The van der Waals surface area contributed by atoms with E-state index in [1.54, 1.807) is 32.0 Å². The second-order valence-electron chi connectivity index (χ2n) is 5.21. The molecular weight excluding hydrogens is 290 g/mol. The zero-order chi connectivity index (χ0) is 16.9. The molecule has 1 rings (SSSR count). The van der Waals surface area contributed by atoms with Gasteiger partial charge in [-0.25, -0.2) is 4.79 Å². The predicted molar refractivity (Wildman–Crippen MR) is 79.3 cm³/mol. The van der Waals surface area contributed by atoms with Crippen molar-refractivity contribution in [3.05, 3.63) is 23.8 Å². The van der Waals surface area contributed by atoms with Crippen molar-refractivity contribution in [2.45, 2.75) is 32.4 Å². The molecule has 0 aliphatic heterocycles. The van der Waals surface area contributed by atoms with E-state index in [0.717, 1.165) is 0 Å². The molecule has 1 aromatic rings. The Morgan fingerprint density at radius 1 is 1.14 bits per heavy atom. The van der Waals surface area contributed by atoms with E-state index in [9.17, 15) is 9.59 Å². The van der Waals surface area contributed by atoms with Crippen molar-refractivity contribution < 1.29 is 28.9 Å². The Hall–Kier alpha value is -2.44. The van der Waals surface area contributed by atoms with Crippen LogP contribution in [0.5, 0.6) is 11.5 Å². The molecule has 1 aromatic carbocycles. The molecule has 7 heteroatoms. The van der Waals surface area contributed by atoms with E-state index < -0.39 is 23.7 Å². The number of carbonyl (C=O) groups is 2. The van der Waals surface area contributed by atoms with Crippen LogP contribution in [0.25, 0.3) is 0 Å². The zero-order valence-electron chi connectivity index (χ0n) is 13.3. The lowest BCUT2D eigenvalue weighted by Gasteiger charge is -2.27. The van der Waals surface area contributed by atoms with E-state index >= 15 is 0 Å². The Morgan fingerprint density at radius 2 is 1.64 bits per heavy atom. The number of ether oxygens (including phenoxy) is 3. The highest BCUT2D eigenvalue weighted by Gasteiger charge is 2.28. The fourth-order valence-corrected chi connectivity index (χ4v) is 1.71. The molecule has 0 saturated heterocycles. The average Bonchev–Trinajstić information content (AvgIpc) is 2.45. The summed E-state index contributed by atoms with van der Waals surface area (Å²) < 4.78 is 15.7. The van der Waals surface area contributed by atoms with Crippen LogP contribution in [0.3, 0.4) is 0 Å². The minimum atomic E-state index is -1.14. The maximum atomic E-state index is 11.8. The molecule has 0 saturated carbocycles. The number of carboxylic acid groups (broad SMARTS) is 1. The molecule has 1 atom stereocenters. The number of benzene rings is 1. The van der Waals surface area contributed by atoms with Gasteiger partial charge in [-0.15, -0.1) is 0 Å². The monoisotopic (exact) mass is 311 g/mol. The number of nitrogens with one attached hydrogen (secondary N) is 1. The van der Waals surface area contributed by atoms with E-state index in [2.05, 4.69) is 5.32 Å². The number of carboxylic acids is 1. The predicted octanol–water partition coefficient (Wildman–Crippen LogP) is 2.14. The molecule has 1 amide bonds. The number of hydrogen-bond acceptors (Lipinski definition) is 5. The van der Waals surface area contributed by atoms with Crippen molar-refractivity contribution in [1.82, 2.24) is 5.32 Å². The van der Waals surface area contributed by atoms with Crippen LogP contribution in [0.15, 0.2) is 18.2 Å². The van der Waals surface area contributed by atoms with E-state index in [-0.39, 0.29) is 0 Å². The van der Waals surface area contributed by atoms with Gasteiger partial charge in [0.05, 0.1) is 14.2 Å². The van der Waals surface area contributed by atoms with Crippen molar-refractivity contribution in [2.24, 2.45) is 0 Å². The van der Waals surface area contributed by atoms with Crippen LogP contribution in [0, 0.1) is 0 Å². The first-order valence-corrected chi connectivity index (χ1v) is 6.65. The minimum Gasteiger partial charge on any atom is -0.497 e. The number of rotatable bonds is 6. The molecule has 0 aliphatic rings. The molecule has 2 N–H and O–H groups in total. The van der Waals surface area contributed by atoms with Gasteiger partial charge in [0.1, 0.15) is 23.1 Å². The quantitative estimate of drug-likeness (QED) is 0.836. The van der Waals surface area contributed by atoms with Crippen molar-refractivity contribution >= 4 is 12.1 Å². The molecular formula is C15H21NO6. The lowest BCUT2D eigenvalue weighted by Crippen LogP contribution is -2.41. The lowest BCUT2D eigenvalue weighted by molar-refractivity contribution is -0.139. The van der Waals surface area contributed by atoms with E-state index in [0.29, 0.717) is 17.1 Å². The molecule has 0 aliphatic carbocycles. The number of hydrogen-bond donors (Lipinski definition) is 2. The summed E-state index contributed by atoms with van der Waals surface area (Å²) >= 11 is 0. The maximum Gasteiger partial charge on any atom is 0.408 e. The van der Waals surface area contributed by atoms with Gasteiger partial charge in [0, 0.05) is 11.6 Å². The number of aliphatic carboxylic acids is 1. The van der Waals surface area contributed by atoms with Crippen molar-refractivity contribution in [3.63, 3.8) is 0 Å². The smallest absolute Gasteiger partial charge is 0.408 e. The van der Waals surface area contributed by atoms with E-state index in [4.69, 9.17) is 19.3 Å². The SMILES string of the molecule is COc1cc(OC)cc(C(C)(C)OC(=O)N[C@@H](C)C(=O)O)c1. The Bertz CT molecular complexity index is 533. The topological polar surface area (TPSA) is 94.1 Å². The summed E-state index contributed by atoms with van der Waals surface area (Å²) in [6.07, 6.45) is -0.818. The summed E-state index contributed by atoms with van der Waals surface area (Å²) in [7, 11) is 3.04. The normalized spacial score (nSPS) is 12.2. The van der Waals surface area contributed by atoms with Gasteiger partial charge in [0.2, 0.25) is 0 Å². The van der Waals surface area contributed by atoms with E-state index in [1.165, 1.54) is 21.1 Å². The van der Waals surface area contributed by atoms with Crippen molar-refractivity contribution in [3.8, 4) is 11.5 Å². The summed E-state index contributed by atoms with van der Waals surface area (Å²) in [6.45, 7) is 4.73. The summed E-state index contributed by atoms with van der Waals surface area (Å²) in [5.41, 5.74) is -0.341. The largest absolute Gasteiger partial charge is 0.497 e. The lowest BCUT2D eigenvalue weighted by atomic mass is 9.97. The van der Waals surface area contributed by atoms with Gasteiger partial charge >= 0.3 is 12.1 Å². The zero-order valence-corrected chi connectivity index (χ0v) is 13.3. The third-order valence-corrected chi connectivity index (χ3v) is 3.10. The van der Waals surface area contributed by atoms with Crippen LogP contribution >= 0.6 is 0 Å². The highest BCUT2D eigenvalue weighted by atomic mass is 16.6. The third-order valence-electron chi connectivity index (χ3n) is 3.10. The highest BCUT2D eigenvalue weighted by molar-refractivity contribution is 5.79. The Kier molecular flexibility index (Phi) is 5.62. The standard InChI is InChI=1S/C15H21NO6/c1-9(13(17)18)16-14(19)22-15(2,3)10-6-11(20-4)8-12(7-10)21-5/h6-9H,1-5H3,(H,16,19)(H,17,18)/t9-/m0/s1. The van der Waals surface area contributed by atoms with Crippen LogP contribution < -0.4 is 14.8 Å². The minimum absolute atomic E-state index is 0.560.